The van der Waals surface area contributed by atoms with Crippen LogP contribution in [0, 0.1) is 5.82 Å². The van der Waals surface area contributed by atoms with Gasteiger partial charge in [0.25, 0.3) is 0 Å². The van der Waals surface area contributed by atoms with Crippen LogP contribution in [0.25, 0.3) is 0 Å². The van der Waals surface area contributed by atoms with Gasteiger partial charge in [0.05, 0.1) is 7.11 Å². The predicted molar refractivity (Wildman–Crippen MR) is 73.1 cm³/mol. The second-order valence-electron chi connectivity index (χ2n) is 4.43. The molecule has 1 atom stereocenters. The Balaban J connectivity index is 2.10. The van der Waals surface area contributed by atoms with Crippen LogP contribution in [0.15, 0.2) is 48.5 Å². The third kappa shape index (κ3) is 3.22. The molecule has 0 saturated carbocycles. The van der Waals surface area contributed by atoms with Crippen LogP contribution >= 0.6 is 0 Å². The second kappa shape index (κ2) is 6.30. The lowest BCUT2D eigenvalue weighted by molar-refractivity contribution is -0.126. The number of Topliss-reactive ketones (excluding diaryl/α,β-unsaturated/α-hetero) is 1. The summed E-state index contributed by atoms with van der Waals surface area (Å²) in [6.07, 6.45) is -1.22. The summed E-state index contributed by atoms with van der Waals surface area (Å²) in [5.74, 6) is -0.766. The van der Waals surface area contributed by atoms with E-state index in [4.69, 9.17) is 4.74 Å². The van der Waals surface area contributed by atoms with Crippen LogP contribution in [-0.4, -0.2) is 18.0 Å². The third-order valence-corrected chi connectivity index (χ3v) is 3.01. The number of ketones is 1. The van der Waals surface area contributed by atoms with Crippen LogP contribution in [0.5, 0.6) is 5.75 Å². The summed E-state index contributed by atoms with van der Waals surface area (Å²) in [5.41, 5.74) is 1.04. The number of aliphatic hydroxyl groups excluding tert-OH is 1. The summed E-state index contributed by atoms with van der Waals surface area (Å²) >= 11 is 0. The van der Waals surface area contributed by atoms with E-state index in [2.05, 4.69) is 0 Å². The normalized spacial score (nSPS) is 11.9. The van der Waals surface area contributed by atoms with Crippen molar-refractivity contribution in [2.45, 2.75) is 12.5 Å². The molecular formula is C16H15FO3. The lowest BCUT2D eigenvalue weighted by Crippen LogP contribution is -2.14. The van der Waals surface area contributed by atoms with Gasteiger partial charge in [-0.2, -0.15) is 0 Å². The number of benzene rings is 2. The van der Waals surface area contributed by atoms with E-state index in [-0.39, 0.29) is 18.0 Å². The maximum Gasteiger partial charge on any atom is 0.170 e. The summed E-state index contributed by atoms with van der Waals surface area (Å²) in [6, 6.07) is 13.0. The Morgan fingerprint density at radius 1 is 1.25 bits per heavy atom. The summed E-state index contributed by atoms with van der Waals surface area (Å²) in [5, 5.41) is 9.95. The Hall–Kier alpha value is -2.20. The second-order valence-corrected chi connectivity index (χ2v) is 4.43. The van der Waals surface area contributed by atoms with E-state index in [1.54, 1.807) is 36.4 Å². The Morgan fingerprint density at radius 2 is 1.95 bits per heavy atom. The van der Waals surface area contributed by atoms with Gasteiger partial charge in [-0.15, -0.1) is 0 Å². The third-order valence-electron chi connectivity index (χ3n) is 3.01. The largest absolute Gasteiger partial charge is 0.494 e. The van der Waals surface area contributed by atoms with E-state index < -0.39 is 11.9 Å². The first kappa shape index (κ1) is 14.2. The zero-order valence-electron chi connectivity index (χ0n) is 11.0. The first-order valence-corrected chi connectivity index (χ1v) is 6.20. The lowest BCUT2D eigenvalue weighted by atomic mass is 10.00. The minimum absolute atomic E-state index is 0.0308. The van der Waals surface area contributed by atoms with E-state index in [1.807, 2.05) is 0 Å². The van der Waals surface area contributed by atoms with E-state index >= 15 is 0 Å². The van der Waals surface area contributed by atoms with Crippen LogP contribution in [0.2, 0.25) is 0 Å². The van der Waals surface area contributed by atoms with E-state index in [9.17, 15) is 14.3 Å². The summed E-state index contributed by atoms with van der Waals surface area (Å²) in [6.45, 7) is 0. The molecule has 0 heterocycles. The molecule has 0 spiro atoms. The maximum absolute atomic E-state index is 13.5. The smallest absolute Gasteiger partial charge is 0.170 e. The van der Waals surface area contributed by atoms with Crippen LogP contribution in [0.4, 0.5) is 4.39 Å². The molecule has 3 nitrogen and oxygen atoms in total. The molecular weight excluding hydrogens is 259 g/mol. The van der Waals surface area contributed by atoms with Gasteiger partial charge in [-0.1, -0.05) is 36.4 Å². The van der Waals surface area contributed by atoms with E-state index in [1.165, 1.54) is 19.2 Å². The number of carbonyl (C=O) groups is 1. The zero-order valence-corrected chi connectivity index (χ0v) is 11.0. The molecule has 20 heavy (non-hydrogen) atoms. The molecule has 2 aromatic rings. The molecule has 0 radical (unpaired) electrons. The van der Waals surface area contributed by atoms with Gasteiger partial charge in [0, 0.05) is 6.42 Å². The summed E-state index contributed by atoms with van der Waals surface area (Å²) in [4.78, 5) is 12.0. The summed E-state index contributed by atoms with van der Waals surface area (Å²) < 4.78 is 18.3. The maximum atomic E-state index is 13.5. The molecule has 0 aliphatic carbocycles. The molecule has 0 saturated heterocycles. The molecule has 1 N–H and O–H groups in total. The Bertz CT molecular complexity index is 596. The number of rotatable bonds is 5. The highest BCUT2D eigenvalue weighted by molar-refractivity contribution is 5.86. The molecule has 2 rings (SSSR count). The van der Waals surface area contributed by atoms with Crippen molar-refractivity contribution in [3.05, 3.63) is 65.5 Å². The van der Waals surface area contributed by atoms with Crippen molar-refractivity contribution in [3.63, 3.8) is 0 Å². The van der Waals surface area contributed by atoms with E-state index in [0.717, 1.165) is 0 Å². The number of carbonyl (C=O) groups excluding carboxylic acids is 1. The van der Waals surface area contributed by atoms with Crippen LogP contribution < -0.4 is 4.74 Å². The zero-order chi connectivity index (χ0) is 14.5. The average molecular weight is 274 g/mol. The average Bonchev–Trinajstić information content (AvgIpc) is 2.47. The molecule has 0 aromatic heterocycles. The Kier molecular flexibility index (Phi) is 4.48. The van der Waals surface area contributed by atoms with Crippen LogP contribution in [0.3, 0.4) is 0 Å². The highest BCUT2D eigenvalue weighted by Gasteiger charge is 2.17. The molecule has 0 aliphatic rings. The number of halogens is 1. The standard InChI is InChI=1S/C16H15FO3/c1-20-15-8-7-11(9-13(15)17)10-14(18)16(19)12-5-3-2-4-6-12/h2-9,16,19H,10H2,1H3. The van der Waals surface area contributed by atoms with Gasteiger partial charge in [0.1, 0.15) is 6.10 Å². The van der Waals surface area contributed by atoms with Gasteiger partial charge in [0.15, 0.2) is 17.3 Å². The quantitative estimate of drug-likeness (QED) is 0.911. The predicted octanol–water partition coefficient (Wildman–Crippen LogP) is 2.68. The van der Waals surface area contributed by atoms with Crippen LogP contribution in [0.1, 0.15) is 17.2 Å². The molecule has 1 unspecified atom stereocenters. The van der Waals surface area contributed by atoms with Crippen molar-refractivity contribution >= 4 is 5.78 Å². The molecule has 0 fully saturated rings. The van der Waals surface area contributed by atoms with Gasteiger partial charge in [-0.3, -0.25) is 4.79 Å². The summed E-state index contributed by atoms with van der Waals surface area (Å²) in [7, 11) is 1.38. The van der Waals surface area contributed by atoms with Gasteiger partial charge in [0.2, 0.25) is 0 Å². The first-order chi connectivity index (χ1) is 9.61. The van der Waals surface area contributed by atoms with Gasteiger partial charge in [-0.05, 0) is 23.3 Å². The molecule has 104 valence electrons. The highest BCUT2D eigenvalue weighted by atomic mass is 19.1. The molecule has 0 amide bonds. The van der Waals surface area contributed by atoms with Gasteiger partial charge >= 0.3 is 0 Å². The lowest BCUT2D eigenvalue weighted by Gasteiger charge is -2.10. The van der Waals surface area contributed by atoms with Crippen molar-refractivity contribution in [3.8, 4) is 5.75 Å². The van der Waals surface area contributed by atoms with Crippen molar-refractivity contribution in [2.24, 2.45) is 0 Å². The fraction of sp³-hybridized carbons (Fsp3) is 0.188. The minimum atomic E-state index is -1.19. The SMILES string of the molecule is COc1ccc(CC(=O)C(O)c2ccccc2)cc1F. The number of hydrogen-bond donors (Lipinski definition) is 1. The van der Waals surface area contributed by atoms with Gasteiger partial charge < -0.3 is 9.84 Å². The number of aliphatic hydroxyl groups is 1. The molecule has 4 heteroatoms. The monoisotopic (exact) mass is 274 g/mol. The molecule has 0 aliphatic heterocycles. The minimum Gasteiger partial charge on any atom is -0.494 e. The topological polar surface area (TPSA) is 46.5 Å². The van der Waals surface area contributed by atoms with Crippen molar-refractivity contribution in [2.75, 3.05) is 7.11 Å². The van der Waals surface area contributed by atoms with E-state index in [0.29, 0.717) is 11.1 Å². The fourth-order valence-corrected chi connectivity index (χ4v) is 1.94. The number of ether oxygens (including phenoxy) is 1. The van der Waals surface area contributed by atoms with Gasteiger partial charge in [-0.25, -0.2) is 4.39 Å². The number of methoxy groups -OCH3 is 1. The molecule has 2 aromatic carbocycles. The van der Waals surface area contributed by atoms with Crippen molar-refractivity contribution < 1.29 is 19.0 Å². The van der Waals surface area contributed by atoms with Crippen LogP contribution in [-0.2, 0) is 11.2 Å². The Morgan fingerprint density at radius 3 is 2.55 bits per heavy atom. The van der Waals surface area contributed by atoms with Crippen molar-refractivity contribution in [1.82, 2.24) is 0 Å². The highest BCUT2D eigenvalue weighted by Crippen LogP contribution is 2.20. The first-order valence-electron chi connectivity index (χ1n) is 6.20. The molecule has 0 bridgehead atoms. The fourth-order valence-electron chi connectivity index (χ4n) is 1.94. The number of hydrogen-bond acceptors (Lipinski definition) is 3. The Labute approximate surface area is 116 Å². The van der Waals surface area contributed by atoms with Crippen molar-refractivity contribution in [1.29, 1.82) is 0 Å².